The molecule has 0 aliphatic carbocycles. The van der Waals surface area contributed by atoms with E-state index in [0.717, 1.165) is 49.5 Å². The highest BCUT2D eigenvalue weighted by Gasteiger charge is 2.28. The maximum Gasteiger partial charge on any atom is 0.407 e. The Labute approximate surface area is 271 Å². The average molecular weight is 649 g/mol. The largest absolute Gasteiger partial charge is 0.444 e. The number of morpholine rings is 1. The van der Waals surface area contributed by atoms with Crippen molar-refractivity contribution >= 4 is 40.5 Å². The molecule has 0 radical (unpaired) electrons. The van der Waals surface area contributed by atoms with Crippen molar-refractivity contribution in [2.24, 2.45) is 0 Å². The van der Waals surface area contributed by atoms with Gasteiger partial charge in [0, 0.05) is 57.6 Å². The van der Waals surface area contributed by atoms with Gasteiger partial charge in [0.1, 0.15) is 12.1 Å². The summed E-state index contributed by atoms with van der Waals surface area (Å²) in [5, 5.41) is 14.5. The molecule has 0 spiro atoms. The van der Waals surface area contributed by atoms with Gasteiger partial charge in [-0.3, -0.25) is 14.7 Å². The van der Waals surface area contributed by atoms with Crippen LogP contribution in [0.4, 0.5) is 10.8 Å². The van der Waals surface area contributed by atoms with Crippen LogP contribution in [0.3, 0.4) is 0 Å². The molecule has 2 aromatic heterocycles. The zero-order chi connectivity index (χ0) is 31.7. The summed E-state index contributed by atoms with van der Waals surface area (Å²) in [6.07, 6.45) is 2.48. The summed E-state index contributed by atoms with van der Waals surface area (Å²) in [6.45, 7) is 5.74. The molecule has 2 atom stereocenters. The number of anilines is 1. The van der Waals surface area contributed by atoms with Gasteiger partial charge in [-0.05, 0) is 43.0 Å². The number of fused-ring (bicyclic) bond motifs is 1. The van der Waals surface area contributed by atoms with Crippen molar-refractivity contribution in [3.63, 3.8) is 0 Å². The van der Waals surface area contributed by atoms with Crippen LogP contribution in [0.15, 0.2) is 64.7 Å². The Morgan fingerprint density at radius 1 is 1.09 bits per heavy atom. The zero-order valence-electron chi connectivity index (χ0n) is 25.8. The van der Waals surface area contributed by atoms with Crippen LogP contribution in [0.25, 0.3) is 11.1 Å². The summed E-state index contributed by atoms with van der Waals surface area (Å²) in [5.74, 6) is -0.237. The lowest BCUT2D eigenvalue weighted by molar-refractivity contribution is 0.0260. The summed E-state index contributed by atoms with van der Waals surface area (Å²) in [7, 11) is 0. The SMILES string of the molecule is O=C(N[C@@H](Cc1ccccc1)[C@H](O)CN(CCN1CCOCC1)C(=O)c1ccc2nc(N3CCCC3)oc2c1)OCc1cncs1. The predicted octanol–water partition coefficient (Wildman–Crippen LogP) is 3.56. The standard InChI is InChI=1S/C33H40N6O6S/c40-29(28(18-24-6-2-1-3-7-24)36-33(42)44-22-26-20-34-23-46-26)21-39(13-12-37-14-16-43-17-15-37)31(41)25-8-9-27-30(19-25)45-32(35-27)38-10-4-5-11-38/h1-3,6-9,19-20,23,28-29,40H,4-5,10-18,21-22H2,(H,36,42)/t28-,29+/m0/s1. The molecule has 13 heteroatoms. The first-order chi connectivity index (χ1) is 22.5. The Hall–Kier alpha value is -4.04. The molecular weight excluding hydrogens is 608 g/mol. The van der Waals surface area contributed by atoms with Gasteiger partial charge in [-0.25, -0.2) is 4.79 Å². The first-order valence-electron chi connectivity index (χ1n) is 15.8. The van der Waals surface area contributed by atoms with Crippen molar-refractivity contribution < 1.29 is 28.6 Å². The van der Waals surface area contributed by atoms with Crippen LogP contribution < -0.4 is 10.2 Å². The van der Waals surface area contributed by atoms with Gasteiger partial charge in [0.25, 0.3) is 11.9 Å². The Morgan fingerprint density at radius 2 is 1.89 bits per heavy atom. The fourth-order valence-electron chi connectivity index (χ4n) is 5.78. The molecule has 4 aromatic rings. The Morgan fingerprint density at radius 3 is 2.65 bits per heavy atom. The van der Waals surface area contributed by atoms with Crippen LogP contribution in [0.2, 0.25) is 0 Å². The highest BCUT2D eigenvalue weighted by atomic mass is 32.1. The van der Waals surface area contributed by atoms with E-state index >= 15 is 0 Å². The highest BCUT2D eigenvalue weighted by molar-refractivity contribution is 7.09. The van der Waals surface area contributed by atoms with E-state index in [2.05, 4.69) is 25.1 Å². The van der Waals surface area contributed by atoms with Crippen molar-refractivity contribution in [1.29, 1.82) is 0 Å². The minimum atomic E-state index is -1.08. The second-order valence-corrected chi connectivity index (χ2v) is 12.6. The van der Waals surface area contributed by atoms with Crippen LogP contribution in [0.1, 0.15) is 33.6 Å². The molecule has 2 aliphatic rings. The molecule has 0 saturated carbocycles. The first-order valence-corrected chi connectivity index (χ1v) is 16.7. The lowest BCUT2D eigenvalue weighted by Crippen LogP contribution is -2.52. The molecule has 2 aliphatic heterocycles. The fourth-order valence-corrected chi connectivity index (χ4v) is 6.29. The quantitative estimate of drug-likeness (QED) is 0.222. The summed E-state index contributed by atoms with van der Waals surface area (Å²) in [5.41, 5.74) is 4.30. The van der Waals surface area contributed by atoms with Gasteiger partial charge in [-0.2, -0.15) is 4.98 Å². The smallest absolute Gasteiger partial charge is 0.407 e. The van der Waals surface area contributed by atoms with Gasteiger partial charge in [-0.15, -0.1) is 11.3 Å². The zero-order valence-corrected chi connectivity index (χ0v) is 26.6. The van der Waals surface area contributed by atoms with E-state index in [1.807, 2.05) is 30.3 Å². The number of aliphatic hydroxyl groups excluding tert-OH is 1. The topological polar surface area (TPSA) is 134 Å². The van der Waals surface area contributed by atoms with E-state index in [4.69, 9.17) is 13.9 Å². The molecule has 2 aromatic carbocycles. The third-order valence-electron chi connectivity index (χ3n) is 8.38. The van der Waals surface area contributed by atoms with Gasteiger partial charge >= 0.3 is 6.09 Å². The van der Waals surface area contributed by atoms with E-state index in [-0.39, 0.29) is 19.1 Å². The number of oxazole rings is 1. The van der Waals surface area contributed by atoms with E-state index in [1.54, 1.807) is 34.8 Å². The van der Waals surface area contributed by atoms with Crippen LogP contribution >= 0.6 is 11.3 Å². The summed E-state index contributed by atoms with van der Waals surface area (Å²) >= 11 is 1.39. The number of carbonyl (C=O) groups is 2. The lowest BCUT2D eigenvalue weighted by Gasteiger charge is -2.33. The number of amides is 2. The summed E-state index contributed by atoms with van der Waals surface area (Å²) in [4.78, 5) is 42.4. The van der Waals surface area contributed by atoms with Gasteiger partial charge < -0.3 is 34.1 Å². The highest BCUT2D eigenvalue weighted by Crippen LogP contribution is 2.26. The number of carbonyl (C=O) groups excluding carboxylic acids is 2. The van der Waals surface area contributed by atoms with Crippen molar-refractivity contribution in [2.75, 3.05) is 63.9 Å². The Balaban J connectivity index is 1.19. The molecule has 2 N–H and O–H groups in total. The number of benzene rings is 2. The van der Waals surface area contributed by atoms with Gasteiger partial charge in [0.15, 0.2) is 5.58 Å². The number of alkyl carbamates (subject to hydrolysis) is 1. The predicted molar refractivity (Wildman–Crippen MR) is 174 cm³/mol. The third kappa shape index (κ3) is 8.40. The molecule has 12 nitrogen and oxygen atoms in total. The number of thiazole rings is 1. The van der Waals surface area contributed by atoms with E-state index in [9.17, 15) is 14.7 Å². The maximum atomic E-state index is 14.1. The first kappa shape index (κ1) is 31.9. The molecular formula is C33H40N6O6S. The maximum absolute atomic E-state index is 14.1. The van der Waals surface area contributed by atoms with E-state index < -0.39 is 18.2 Å². The number of hydrogen-bond donors (Lipinski definition) is 2. The Bertz CT molecular complexity index is 1560. The molecule has 2 saturated heterocycles. The summed E-state index contributed by atoms with van der Waals surface area (Å²) in [6, 6.07) is 14.8. The van der Waals surface area contributed by atoms with Crippen LogP contribution in [-0.4, -0.2) is 108 Å². The number of nitrogens with zero attached hydrogens (tertiary/aromatic N) is 5. The minimum absolute atomic E-state index is 0.00324. The molecule has 0 unspecified atom stereocenters. The number of hydrogen-bond acceptors (Lipinski definition) is 11. The fraction of sp³-hybridized carbons (Fsp3) is 0.455. The number of ether oxygens (including phenoxy) is 2. The van der Waals surface area contributed by atoms with Gasteiger partial charge in [-0.1, -0.05) is 30.3 Å². The number of aromatic nitrogens is 2. The van der Waals surface area contributed by atoms with Crippen molar-refractivity contribution in [2.45, 2.75) is 38.0 Å². The van der Waals surface area contributed by atoms with Crippen LogP contribution in [0, 0.1) is 0 Å². The molecule has 2 fully saturated rings. The number of nitrogens with one attached hydrogen (secondary N) is 1. The molecule has 2 amide bonds. The van der Waals surface area contributed by atoms with Gasteiger partial charge in [0.05, 0.1) is 35.7 Å². The second-order valence-electron chi connectivity index (χ2n) is 11.6. The lowest BCUT2D eigenvalue weighted by atomic mass is 10.0. The van der Waals surface area contributed by atoms with Crippen molar-refractivity contribution in [1.82, 2.24) is 25.1 Å². The third-order valence-corrected chi connectivity index (χ3v) is 9.13. The molecule has 46 heavy (non-hydrogen) atoms. The Kier molecular flexibility index (Phi) is 10.8. The number of aliphatic hydroxyl groups is 1. The molecule has 6 rings (SSSR count). The monoisotopic (exact) mass is 648 g/mol. The van der Waals surface area contributed by atoms with Gasteiger partial charge in [0.2, 0.25) is 0 Å². The molecule has 4 heterocycles. The van der Waals surface area contributed by atoms with Crippen molar-refractivity contribution in [3.05, 3.63) is 76.2 Å². The van der Waals surface area contributed by atoms with E-state index in [0.29, 0.717) is 55.4 Å². The van der Waals surface area contributed by atoms with E-state index in [1.165, 1.54) is 11.3 Å². The van der Waals surface area contributed by atoms with Crippen molar-refractivity contribution in [3.8, 4) is 0 Å². The molecule has 244 valence electrons. The summed E-state index contributed by atoms with van der Waals surface area (Å²) < 4.78 is 17.0. The normalized spacial score (nSPS) is 16.8. The van der Waals surface area contributed by atoms with Crippen LogP contribution in [0.5, 0.6) is 0 Å². The second kappa shape index (κ2) is 15.5. The van der Waals surface area contributed by atoms with Crippen LogP contribution in [-0.2, 0) is 22.5 Å². The number of rotatable bonds is 13. The minimum Gasteiger partial charge on any atom is -0.444 e. The average Bonchev–Trinajstić information content (AvgIpc) is 3.88. The molecule has 0 bridgehead atoms.